The van der Waals surface area contributed by atoms with Gasteiger partial charge in [-0.2, -0.15) is 23.1 Å². The second kappa shape index (κ2) is 6.13. The number of hydrogen-bond donors (Lipinski definition) is 1. The molecule has 3 unspecified atom stereocenters. The van der Waals surface area contributed by atoms with E-state index in [1.807, 2.05) is 18.4 Å². The van der Waals surface area contributed by atoms with E-state index in [1.165, 1.54) is 6.26 Å². The van der Waals surface area contributed by atoms with Gasteiger partial charge in [-0.05, 0) is 29.3 Å². The summed E-state index contributed by atoms with van der Waals surface area (Å²) in [6.07, 6.45) is 1.32. The van der Waals surface area contributed by atoms with Gasteiger partial charge in [0.05, 0.1) is 6.04 Å². The van der Waals surface area contributed by atoms with Crippen molar-refractivity contribution in [1.29, 1.82) is 0 Å². The van der Waals surface area contributed by atoms with Crippen molar-refractivity contribution in [3.8, 4) is 0 Å². The lowest BCUT2D eigenvalue weighted by Crippen LogP contribution is -2.52. The van der Waals surface area contributed by atoms with E-state index >= 15 is 0 Å². The molecule has 1 saturated heterocycles. The monoisotopic (exact) mass is 320 g/mol. The molecule has 4 nitrogen and oxygen atoms in total. The minimum atomic E-state index is -3.09. The Morgan fingerprint density at radius 1 is 1.53 bits per heavy atom. The molecule has 0 spiro atoms. The summed E-state index contributed by atoms with van der Waals surface area (Å²) in [6.45, 7) is 2.72. The van der Waals surface area contributed by atoms with Gasteiger partial charge in [0, 0.05) is 30.3 Å². The summed E-state index contributed by atoms with van der Waals surface area (Å²) in [5.41, 5.74) is 7.25. The molecule has 2 rings (SSSR count). The fourth-order valence-corrected chi connectivity index (χ4v) is 6.12. The normalized spacial score (nSPS) is 25.1. The van der Waals surface area contributed by atoms with Gasteiger partial charge in [-0.25, -0.2) is 8.42 Å². The lowest BCUT2D eigenvalue weighted by molar-refractivity contribution is 0.173. The van der Waals surface area contributed by atoms with Gasteiger partial charge in [0.25, 0.3) is 0 Å². The maximum absolute atomic E-state index is 12.0. The van der Waals surface area contributed by atoms with Crippen LogP contribution in [-0.2, 0) is 9.84 Å². The summed E-state index contributed by atoms with van der Waals surface area (Å²) < 4.78 is 24.0. The van der Waals surface area contributed by atoms with Crippen molar-refractivity contribution in [2.45, 2.75) is 24.4 Å². The molecule has 2 heterocycles. The maximum atomic E-state index is 12.0. The molecular weight excluding hydrogens is 300 g/mol. The number of nitrogens with two attached hydrogens (primary N) is 1. The standard InChI is InChI=1S/C12H20N2O2S3/c1-9(13)12(10-3-5-17-7-10)14-4-6-18-8-11(14)19(2,15)16/h3,5,7,9,11-12H,4,6,8,13H2,1-2H3. The van der Waals surface area contributed by atoms with E-state index in [9.17, 15) is 8.42 Å². The summed E-state index contributed by atoms with van der Waals surface area (Å²) in [5, 5.41) is 3.65. The van der Waals surface area contributed by atoms with Crippen molar-refractivity contribution in [3.63, 3.8) is 0 Å². The van der Waals surface area contributed by atoms with Crippen molar-refractivity contribution in [2.75, 3.05) is 24.3 Å². The Morgan fingerprint density at radius 3 is 2.79 bits per heavy atom. The van der Waals surface area contributed by atoms with Gasteiger partial charge in [-0.3, -0.25) is 4.90 Å². The van der Waals surface area contributed by atoms with Crippen LogP contribution in [-0.4, -0.2) is 49.0 Å². The largest absolute Gasteiger partial charge is 0.326 e. The molecule has 108 valence electrons. The van der Waals surface area contributed by atoms with E-state index in [4.69, 9.17) is 5.73 Å². The predicted molar refractivity (Wildman–Crippen MR) is 83.4 cm³/mol. The summed E-state index contributed by atoms with van der Waals surface area (Å²) >= 11 is 3.32. The van der Waals surface area contributed by atoms with Crippen LogP contribution in [0.25, 0.3) is 0 Å². The molecule has 1 aromatic heterocycles. The molecule has 1 aliphatic heterocycles. The smallest absolute Gasteiger partial charge is 0.164 e. The first-order valence-electron chi connectivity index (χ1n) is 6.21. The number of rotatable bonds is 4. The molecule has 0 saturated carbocycles. The van der Waals surface area contributed by atoms with Gasteiger partial charge in [0.15, 0.2) is 9.84 Å². The fraction of sp³-hybridized carbons (Fsp3) is 0.667. The first kappa shape index (κ1) is 15.3. The molecular formula is C12H20N2O2S3. The number of nitrogens with zero attached hydrogens (tertiary/aromatic N) is 1. The van der Waals surface area contributed by atoms with Crippen LogP contribution in [0.2, 0.25) is 0 Å². The Kier molecular flexibility index (Phi) is 4.94. The summed E-state index contributed by atoms with van der Waals surface area (Å²) in [6, 6.07) is 1.92. The fourth-order valence-electron chi connectivity index (χ4n) is 2.52. The van der Waals surface area contributed by atoms with E-state index < -0.39 is 15.2 Å². The zero-order chi connectivity index (χ0) is 14.0. The molecule has 0 bridgehead atoms. The highest BCUT2D eigenvalue weighted by Gasteiger charge is 2.37. The van der Waals surface area contributed by atoms with Crippen LogP contribution in [0.1, 0.15) is 18.5 Å². The third-order valence-electron chi connectivity index (χ3n) is 3.36. The quantitative estimate of drug-likeness (QED) is 0.912. The van der Waals surface area contributed by atoms with Gasteiger partial charge in [0.1, 0.15) is 5.37 Å². The first-order valence-corrected chi connectivity index (χ1v) is 10.3. The third kappa shape index (κ3) is 3.52. The Bertz CT molecular complexity index is 499. The molecule has 2 N–H and O–H groups in total. The van der Waals surface area contributed by atoms with Crippen molar-refractivity contribution in [1.82, 2.24) is 4.90 Å². The molecule has 3 atom stereocenters. The predicted octanol–water partition coefficient (Wildman–Crippen LogP) is 1.56. The third-order valence-corrected chi connectivity index (χ3v) is 6.72. The van der Waals surface area contributed by atoms with Crippen LogP contribution >= 0.6 is 23.1 Å². The molecule has 1 fully saturated rings. The van der Waals surface area contributed by atoms with Crippen LogP contribution in [0.5, 0.6) is 0 Å². The average molecular weight is 321 g/mol. The molecule has 19 heavy (non-hydrogen) atoms. The lowest BCUT2D eigenvalue weighted by atomic mass is 10.0. The van der Waals surface area contributed by atoms with Crippen LogP contribution in [0, 0.1) is 0 Å². The van der Waals surface area contributed by atoms with E-state index in [0.717, 1.165) is 17.9 Å². The van der Waals surface area contributed by atoms with Gasteiger partial charge in [0.2, 0.25) is 0 Å². The second-order valence-corrected chi connectivity index (χ2v) is 9.09. The Morgan fingerprint density at radius 2 is 2.26 bits per heavy atom. The number of sulfone groups is 1. The second-order valence-electron chi connectivity index (χ2n) is 4.96. The van der Waals surface area contributed by atoms with Crippen LogP contribution < -0.4 is 5.73 Å². The van der Waals surface area contributed by atoms with Gasteiger partial charge in [-0.1, -0.05) is 0 Å². The first-order chi connectivity index (χ1) is 8.91. The number of hydrogen-bond acceptors (Lipinski definition) is 6. The highest BCUT2D eigenvalue weighted by atomic mass is 32.2. The van der Waals surface area contributed by atoms with E-state index in [0.29, 0.717) is 5.75 Å². The summed E-state index contributed by atoms with van der Waals surface area (Å²) in [7, 11) is -3.09. The van der Waals surface area contributed by atoms with Gasteiger partial charge >= 0.3 is 0 Å². The Hall–Kier alpha value is -0.0800. The highest BCUT2D eigenvalue weighted by Crippen LogP contribution is 2.32. The van der Waals surface area contributed by atoms with Crippen molar-refractivity contribution in [2.24, 2.45) is 5.73 Å². The Labute approximate surface area is 123 Å². The van der Waals surface area contributed by atoms with Crippen molar-refractivity contribution >= 4 is 32.9 Å². The molecule has 0 radical (unpaired) electrons. The van der Waals surface area contributed by atoms with Crippen LogP contribution in [0.3, 0.4) is 0 Å². The minimum Gasteiger partial charge on any atom is -0.326 e. The zero-order valence-electron chi connectivity index (χ0n) is 11.2. The molecule has 0 aliphatic carbocycles. The summed E-state index contributed by atoms with van der Waals surface area (Å²) in [5.74, 6) is 1.59. The van der Waals surface area contributed by atoms with Crippen molar-refractivity contribution < 1.29 is 8.42 Å². The maximum Gasteiger partial charge on any atom is 0.164 e. The molecule has 1 aromatic rings. The van der Waals surface area contributed by atoms with Crippen LogP contribution in [0.15, 0.2) is 16.8 Å². The summed E-state index contributed by atoms with van der Waals surface area (Å²) in [4.78, 5) is 2.07. The topological polar surface area (TPSA) is 63.4 Å². The van der Waals surface area contributed by atoms with Gasteiger partial charge < -0.3 is 5.73 Å². The SMILES string of the molecule is CC(N)C(c1ccsc1)N1CCSCC1S(C)(=O)=O. The van der Waals surface area contributed by atoms with E-state index in [1.54, 1.807) is 23.1 Å². The van der Waals surface area contributed by atoms with E-state index in [2.05, 4.69) is 10.3 Å². The molecule has 7 heteroatoms. The molecule has 1 aliphatic rings. The number of thiophene rings is 1. The zero-order valence-corrected chi connectivity index (χ0v) is 13.6. The lowest BCUT2D eigenvalue weighted by Gasteiger charge is -2.41. The minimum absolute atomic E-state index is 0.0214. The number of thioether (sulfide) groups is 1. The van der Waals surface area contributed by atoms with Gasteiger partial charge in [-0.15, -0.1) is 0 Å². The molecule has 0 aromatic carbocycles. The van der Waals surface area contributed by atoms with Crippen molar-refractivity contribution in [3.05, 3.63) is 22.4 Å². The van der Waals surface area contributed by atoms with Crippen LogP contribution in [0.4, 0.5) is 0 Å². The highest BCUT2D eigenvalue weighted by molar-refractivity contribution is 8.00. The average Bonchev–Trinajstić information content (AvgIpc) is 2.81. The Balaban J connectivity index is 2.34. The molecule has 0 amide bonds. The van der Waals surface area contributed by atoms with E-state index in [-0.39, 0.29) is 12.1 Å².